The predicted molar refractivity (Wildman–Crippen MR) is 113 cm³/mol. The van der Waals surface area contributed by atoms with Gasteiger partial charge in [-0.2, -0.15) is 0 Å². The molecule has 4 rings (SSSR count). The van der Waals surface area contributed by atoms with E-state index in [-0.39, 0.29) is 12.5 Å². The van der Waals surface area contributed by atoms with Crippen LogP contribution in [0.1, 0.15) is 11.1 Å². The summed E-state index contributed by atoms with van der Waals surface area (Å²) in [4.78, 5) is 28.6. The molecule has 2 heterocycles. The first kappa shape index (κ1) is 19.8. The molecule has 0 bridgehead atoms. The Morgan fingerprint density at radius 3 is 2.80 bits per heavy atom. The molecule has 0 aliphatic carbocycles. The number of carbonyl (C=O) groups excluding carboxylic acids is 2. The number of hydrogen-bond donors (Lipinski definition) is 2. The van der Waals surface area contributed by atoms with Crippen LogP contribution in [0, 0.1) is 13.8 Å². The molecule has 0 fully saturated rings. The summed E-state index contributed by atoms with van der Waals surface area (Å²) in [6, 6.07) is 10.5. The van der Waals surface area contributed by atoms with Crippen molar-refractivity contribution in [2.45, 2.75) is 19.0 Å². The molecule has 0 radical (unpaired) electrons. The van der Waals surface area contributed by atoms with Gasteiger partial charge in [0.1, 0.15) is 0 Å². The second-order valence-corrected chi connectivity index (χ2v) is 7.67. The molecule has 2 N–H and O–H groups in total. The smallest absolute Gasteiger partial charge is 0.325 e. The van der Waals surface area contributed by atoms with Crippen LogP contribution in [0.25, 0.3) is 5.69 Å². The van der Waals surface area contributed by atoms with Crippen LogP contribution in [0.5, 0.6) is 11.5 Å². The van der Waals surface area contributed by atoms with Crippen molar-refractivity contribution in [3.05, 3.63) is 59.9 Å². The molecule has 1 aliphatic heterocycles. The van der Waals surface area contributed by atoms with E-state index in [1.54, 1.807) is 24.4 Å². The van der Waals surface area contributed by atoms with Gasteiger partial charge in [-0.05, 0) is 37.6 Å². The fraction of sp³-hybridized carbons (Fsp3) is 0.190. The summed E-state index contributed by atoms with van der Waals surface area (Å²) >= 11 is 1.26. The summed E-state index contributed by atoms with van der Waals surface area (Å²) in [5, 5.41) is 5.60. The van der Waals surface area contributed by atoms with Crippen LogP contribution in [0.3, 0.4) is 0 Å². The maximum absolute atomic E-state index is 12.2. The second-order valence-electron chi connectivity index (χ2n) is 6.73. The number of thioether (sulfide) groups is 1. The summed E-state index contributed by atoms with van der Waals surface area (Å²) in [6.45, 7) is 4.22. The number of hydrogen-bond acceptors (Lipinski definition) is 6. The van der Waals surface area contributed by atoms with Gasteiger partial charge in [0.25, 0.3) is 0 Å². The topological polar surface area (TPSA) is 94.5 Å². The van der Waals surface area contributed by atoms with Gasteiger partial charge in [0.15, 0.2) is 16.7 Å². The lowest BCUT2D eigenvalue weighted by Gasteiger charge is -2.11. The van der Waals surface area contributed by atoms with Crippen LogP contribution in [-0.4, -0.2) is 34.0 Å². The van der Waals surface area contributed by atoms with Crippen LogP contribution >= 0.6 is 11.8 Å². The molecule has 0 spiro atoms. The quantitative estimate of drug-likeness (QED) is 0.607. The number of benzene rings is 2. The largest absolute Gasteiger partial charge is 0.454 e. The highest BCUT2D eigenvalue weighted by Crippen LogP contribution is 2.34. The third-order valence-corrected chi connectivity index (χ3v) is 5.40. The Kier molecular flexibility index (Phi) is 5.62. The van der Waals surface area contributed by atoms with Crippen molar-refractivity contribution >= 4 is 29.4 Å². The molecule has 0 saturated carbocycles. The van der Waals surface area contributed by atoms with Gasteiger partial charge in [-0.3, -0.25) is 14.7 Å². The average Bonchev–Trinajstić information content (AvgIpc) is 3.35. The van der Waals surface area contributed by atoms with Crippen molar-refractivity contribution in [1.82, 2.24) is 14.9 Å². The van der Waals surface area contributed by atoms with E-state index in [1.165, 1.54) is 17.3 Å². The first-order chi connectivity index (χ1) is 14.5. The van der Waals surface area contributed by atoms with Gasteiger partial charge in [0, 0.05) is 24.1 Å². The summed E-state index contributed by atoms with van der Waals surface area (Å²) in [5.74, 6) is 0.797. The number of ether oxygens (including phenoxy) is 2. The van der Waals surface area contributed by atoms with Crippen molar-refractivity contribution in [1.29, 1.82) is 0 Å². The number of imide groups is 1. The minimum atomic E-state index is -0.614. The minimum absolute atomic E-state index is 0.0521. The van der Waals surface area contributed by atoms with Gasteiger partial charge >= 0.3 is 6.03 Å². The van der Waals surface area contributed by atoms with Crippen molar-refractivity contribution in [3.8, 4) is 17.2 Å². The van der Waals surface area contributed by atoms with Gasteiger partial charge < -0.3 is 14.8 Å². The van der Waals surface area contributed by atoms with Crippen molar-refractivity contribution in [2.24, 2.45) is 0 Å². The summed E-state index contributed by atoms with van der Waals surface area (Å²) in [7, 11) is 0. The number of nitrogens with zero attached hydrogens (tertiary/aromatic N) is 2. The molecule has 30 heavy (non-hydrogen) atoms. The highest BCUT2D eigenvalue weighted by molar-refractivity contribution is 7.99. The van der Waals surface area contributed by atoms with Crippen LogP contribution in [0.4, 0.5) is 10.5 Å². The molecule has 3 aromatic rings. The van der Waals surface area contributed by atoms with Gasteiger partial charge in [0.2, 0.25) is 12.7 Å². The Balaban J connectivity index is 1.33. The number of aryl methyl sites for hydroxylation is 2. The van der Waals surface area contributed by atoms with Crippen LogP contribution in [0.2, 0.25) is 0 Å². The molecular formula is C21H20N4O4S. The molecule has 0 saturated heterocycles. The zero-order valence-corrected chi connectivity index (χ0v) is 17.3. The number of anilines is 1. The van der Waals surface area contributed by atoms with E-state index < -0.39 is 11.9 Å². The number of aromatic nitrogens is 2. The van der Waals surface area contributed by atoms with Crippen LogP contribution in [0.15, 0.2) is 53.9 Å². The molecule has 0 atom stereocenters. The van der Waals surface area contributed by atoms with E-state index in [0.717, 1.165) is 11.3 Å². The Morgan fingerprint density at radius 1 is 1.13 bits per heavy atom. The number of imidazole rings is 1. The molecule has 1 aromatic heterocycles. The van der Waals surface area contributed by atoms with E-state index in [9.17, 15) is 9.59 Å². The van der Waals surface area contributed by atoms with E-state index in [1.807, 2.05) is 36.7 Å². The van der Waals surface area contributed by atoms with Crippen molar-refractivity contribution in [3.63, 3.8) is 0 Å². The normalized spacial score (nSPS) is 11.9. The van der Waals surface area contributed by atoms with Crippen molar-refractivity contribution < 1.29 is 19.1 Å². The number of nitrogens with one attached hydrogen (secondary N) is 2. The van der Waals surface area contributed by atoms with E-state index in [0.29, 0.717) is 22.3 Å². The standard InChI is InChI=1S/C21H20N4O4S/c1-13-3-5-16(14(2)9-13)25-8-7-22-21(25)30-11-19(26)24-20(27)23-15-4-6-17-18(10-15)29-12-28-17/h3-10H,11-12H2,1-2H3,(H2,23,24,26,27). The molecular weight excluding hydrogens is 404 g/mol. The highest BCUT2D eigenvalue weighted by Gasteiger charge is 2.16. The molecule has 154 valence electrons. The summed E-state index contributed by atoms with van der Waals surface area (Å²) < 4.78 is 12.4. The summed E-state index contributed by atoms with van der Waals surface area (Å²) in [6.07, 6.45) is 3.54. The maximum Gasteiger partial charge on any atom is 0.325 e. The Morgan fingerprint density at radius 2 is 1.97 bits per heavy atom. The molecule has 3 amide bonds. The number of fused-ring (bicyclic) bond motifs is 1. The monoisotopic (exact) mass is 424 g/mol. The molecule has 8 nitrogen and oxygen atoms in total. The number of carbonyl (C=O) groups is 2. The van der Waals surface area contributed by atoms with Crippen molar-refractivity contribution in [2.75, 3.05) is 17.9 Å². The zero-order valence-electron chi connectivity index (χ0n) is 16.5. The minimum Gasteiger partial charge on any atom is -0.454 e. The lowest BCUT2D eigenvalue weighted by atomic mass is 10.1. The highest BCUT2D eigenvalue weighted by atomic mass is 32.2. The molecule has 2 aromatic carbocycles. The molecule has 1 aliphatic rings. The average molecular weight is 424 g/mol. The van der Waals surface area contributed by atoms with Crippen LogP contribution in [-0.2, 0) is 4.79 Å². The third kappa shape index (κ3) is 4.41. The van der Waals surface area contributed by atoms with Gasteiger partial charge in [-0.25, -0.2) is 9.78 Å². The fourth-order valence-electron chi connectivity index (χ4n) is 3.09. The van der Waals surface area contributed by atoms with E-state index in [2.05, 4.69) is 21.7 Å². The SMILES string of the molecule is Cc1ccc(-n2ccnc2SCC(=O)NC(=O)Nc2ccc3c(c2)OCO3)c(C)c1. The molecule has 0 unspecified atom stereocenters. The Labute approximate surface area is 177 Å². The van der Waals surface area contributed by atoms with Gasteiger partial charge in [0.05, 0.1) is 11.4 Å². The first-order valence-corrected chi connectivity index (χ1v) is 10.2. The van der Waals surface area contributed by atoms with Gasteiger partial charge in [-0.1, -0.05) is 29.5 Å². The lowest BCUT2D eigenvalue weighted by molar-refractivity contribution is -0.117. The third-order valence-electron chi connectivity index (χ3n) is 4.43. The Hall–Kier alpha value is -3.46. The van der Waals surface area contributed by atoms with Crippen LogP contribution < -0.4 is 20.1 Å². The second kappa shape index (κ2) is 8.50. The number of amides is 3. The number of rotatable bonds is 5. The fourth-order valence-corrected chi connectivity index (χ4v) is 3.85. The number of urea groups is 1. The maximum atomic E-state index is 12.2. The van der Waals surface area contributed by atoms with E-state index >= 15 is 0 Å². The predicted octanol–water partition coefficient (Wildman–Crippen LogP) is 3.66. The molecule has 9 heteroatoms. The summed E-state index contributed by atoms with van der Waals surface area (Å²) in [5.41, 5.74) is 3.80. The first-order valence-electron chi connectivity index (χ1n) is 9.24. The van der Waals surface area contributed by atoms with E-state index in [4.69, 9.17) is 9.47 Å². The van der Waals surface area contributed by atoms with Gasteiger partial charge in [-0.15, -0.1) is 0 Å². The zero-order chi connectivity index (χ0) is 21.1. The Bertz CT molecular complexity index is 1110. The lowest BCUT2D eigenvalue weighted by Crippen LogP contribution is -2.35.